The summed E-state index contributed by atoms with van der Waals surface area (Å²) in [6, 6.07) is 7.12. The molecule has 0 bridgehead atoms. The van der Waals surface area contributed by atoms with Gasteiger partial charge in [0.1, 0.15) is 0 Å². The number of hydrogen-bond acceptors (Lipinski definition) is 3. The van der Waals surface area contributed by atoms with E-state index in [1.54, 1.807) is 0 Å². The second-order valence-electron chi connectivity index (χ2n) is 6.04. The van der Waals surface area contributed by atoms with Gasteiger partial charge in [-0.05, 0) is 50.0 Å². The monoisotopic (exact) mass is 259 g/mol. The van der Waals surface area contributed by atoms with Gasteiger partial charge in [0.15, 0.2) is 0 Å². The molecule has 3 rings (SSSR count). The number of nitrogens with zero attached hydrogens (tertiary/aromatic N) is 1. The highest BCUT2D eigenvalue weighted by molar-refractivity contribution is 5.99. The van der Waals surface area contributed by atoms with Crippen molar-refractivity contribution in [2.24, 2.45) is 11.7 Å². The number of rotatable bonds is 3. The van der Waals surface area contributed by atoms with E-state index in [1.807, 2.05) is 6.07 Å². The van der Waals surface area contributed by atoms with Crippen molar-refractivity contribution in [1.82, 2.24) is 4.90 Å². The Morgan fingerprint density at radius 2 is 2.11 bits per heavy atom. The van der Waals surface area contributed by atoms with Gasteiger partial charge in [-0.1, -0.05) is 12.1 Å². The molecule has 0 saturated heterocycles. The third kappa shape index (κ3) is 2.26. The average molecular weight is 259 g/mol. The second-order valence-corrected chi connectivity index (χ2v) is 6.04. The fraction of sp³-hybridized carbons (Fsp3) is 0.533. The summed E-state index contributed by atoms with van der Waals surface area (Å²) in [6.07, 6.45) is 2.70. The molecular weight excluding hydrogens is 238 g/mol. The lowest BCUT2D eigenvalue weighted by atomic mass is 9.73. The highest BCUT2D eigenvalue weighted by Crippen LogP contribution is 2.41. The molecule has 1 aromatic rings. The van der Waals surface area contributed by atoms with E-state index in [-0.39, 0.29) is 5.91 Å². The molecule has 1 unspecified atom stereocenters. The van der Waals surface area contributed by atoms with Gasteiger partial charge in [0, 0.05) is 17.8 Å². The number of carbonyl (C=O) groups is 1. The van der Waals surface area contributed by atoms with Gasteiger partial charge in [-0.25, -0.2) is 0 Å². The first-order chi connectivity index (χ1) is 9.04. The molecule has 0 aromatic heterocycles. The van der Waals surface area contributed by atoms with E-state index in [0.29, 0.717) is 24.4 Å². The van der Waals surface area contributed by atoms with Crippen molar-refractivity contribution in [3.8, 4) is 0 Å². The largest absolute Gasteiger partial charge is 0.328 e. The Morgan fingerprint density at radius 3 is 2.74 bits per heavy atom. The average Bonchev–Trinajstić information content (AvgIpc) is 2.66. The van der Waals surface area contributed by atoms with E-state index in [4.69, 9.17) is 5.73 Å². The number of nitrogens with two attached hydrogens (primary N) is 1. The van der Waals surface area contributed by atoms with Gasteiger partial charge in [0.05, 0.1) is 6.42 Å². The summed E-state index contributed by atoms with van der Waals surface area (Å²) >= 11 is 0. The van der Waals surface area contributed by atoms with Crippen LogP contribution in [0.4, 0.5) is 5.69 Å². The highest BCUT2D eigenvalue weighted by atomic mass is 16.1. The number of amides is 1. The predicted molar refractivity (Wildman–Crippen MR) is 75.9 cm³/mol. The van der Waals surface area contributed by atoms with Gasteiger partial charge in [-0.15, -0.1) is 0 Å². The Morgan fingerprint density at radius 1 is 1.37 bits per heavy atom. The van der Waals surface area contributed by atoms with E-state index in [0.717, 1.165) is 24.1 Å². The Kier molecular flexibility index (Phi) is 3.07. The van der Waals surface area contributed by atoms with Gasteiger partial charge in [0.25, 0.3) is 0 Å². The Balaban J connectivity index is 1.87. The molecule has 1 heterocycles. The number of anilines is 1. The van der Waals surface area contributed by atoms with E-state index in [2.05, 4.69) is 36.4 Å². The first kappa shape index (κ1) is 12.6. The van der Waals surface area contributed by atoms with Crippen LogP contribution in [0, 0.1) is 5.92 Å². The maximum atomic E-state index is 11.4. The Labute approximate surface area is 114 Å². The summed E-state index contributed by atoms with van der Waals surface area (Å²) < 4.78 is 0. The number of benzene rings is 1. The lowest BCUT2D eigenvalue weighted by Gasteiger charge is -2.42. The molecule has 3 N–H and O–H groups in total. The van der Waals surface area contributed by atoms with Crippen molar-refractivity contribution in [3.63, 3.8) is 0 Å². The van der Waals surface area contributed by atoms with Crippen molar-refractivity contribution < 1.29 is 4.79 Å². The van der Waals surface area contributed by atoms with Crippen LogP contribution in [0.15, 0.2) is 18.2 Å². The number of nitrogens with one attached hydrogen (secondary N) is 1. The Hall–Kier alpha value is -1.39. The summed E-state index contributed by atoms with van der Waals surface area (Å²) in [5.74, 6) is 0.729. The van der Waals surface area contributed by atoms with Crippen molar-refractivity contribution in [3.05, 3.63) is 29.3 Å². The van der Waals surface area contributed by atoms with Gasteiger partial charge in [-0.2, -0.15) is 0 Å². The van der Waals surface area contributed by atoms with Crippen molar-refractivity contribution in [2.75, 3.05) is 19.4 Å². The minimum atomic E-state index is 0.0965. The molecule has 2 aliphatic rings. The van der Waals surface area contributed by atoms with E-state index < -0.39 is 0 Å². The molecule has 4 nitrogen and oxygen atoms in total. The normalized spacial score (nSPS) is 26.8. The zero-order chi connectivity index (χ0) is 13.6. The second kappa shape index (κ2) is 4.62. The molecule has 1 saturated carbocycles. The summed E-state index contributed by atoms with van der Waals surface area (Å²) in [7, 11) is 4.23. The van der Waals surface area contributed by atoms with Gasteiger partial charge in [0.2, 0.25) is 5.91 Å². The molecule has 1 fully saturated rings. The molecule has 0 radical (unpaired) electrons. The van der Waals surface area contributed by atoms with Gasteiger partial charge >= 0.3 is 0 Å². The SMILES string of the molecule is CN(C)C(c1ccc2c(c1)CC(=O)N2)C1CC(N)C1. The van der Waals surface area contributed by atoms with Crippen LogP contribution in [0.5, 0.6) is 0 Å². The van der Waals surface area contributed by atoms with Gasteiger partial charge < -0.3 is 16.0 Å². The third-order valence-corrected chi connectivity index (χ3v) is 4.31. The Bertz CT molecular complexity index is 506. The molecule has 1 amide bonds. The topological polar surface area (TPSA) is 58.4 Å². The summed E-state index contributed by atoms with van der Waals surface area (Å²) in [5.41, 5.74) is 9.32. The van der Waals surface area contributed by atoms with Crippen LogP contribution in [0.25, 0.3) is 0 Å². The van der Waals surface area contributed by atoms with Crippen LogP contribution < -0.4 is 11.1 Å². The molecule has 19 heavy (non-hydrogen) atoms. The van der Waals surface area contributed by atoms with E-state index in [9.17, 15) is 4.79 Å². The maximum Gasteiger partial charge on any atom is 0.228 e. The lowest BCUT2D eigenvalue weighted by Crippen LogP contribution is -2.43. The first-order valence-electron chi connectivity index (χ1n) is 6.89. The molecule has 0 spiro atoms. The maximum absolute atomic E-state index is 11.4. The summed E-state index contributed by atoms with van der Waals surface area (Å²) in [5, 5.41) is 2.88. The fourth-order valence-electron chi connectivity index (χ4n) is 3.39. The third-order valence-electron chi connectivity index (χ3n) is 4.31. The van der Waals surface area contributed by atoms with Crippen molar-refractivity contribution >= 4 is 11.6 Å². The smallest absolute Gasteiger partial charge is 0.228 e. The van der Waals surface area contributed by atoms with Crippen LogP contribution in [-0.4, -0.2) is 30.9 Å². The molecule has 1 aromatic carbocycles. The summed E-state index contributed by atoms with van der Waals surface area (Å²) in [6.45, 7) is 0. The summed E-state index contributed by atoms with van der Waals surface area (Å²) in [4.78, 5) is 13.7. The van der Waals surface area contributed by atoms with Crippen LogP contribution in [-0.2, 0) is 11.2 Å². The standard InChI is InChI=1S/C15H21N3O/c1-18(2)15(11-6-12(16)7-11)9-3-4-13-10(5-9)8-14(19)17-13/h3-5,11-12,15H,6-8,16H2,1-2H3,(H,17,19). The number of carbonyl (C=O) groups excluding carboxylic acids is 1. The molecular formula is C15H21N3O. The van der Waals surface area contributed by atoms with Crippen LogP contribution in [0.2, 0.25) is 0 Å². The molecule has 102 valence electrons. The predicted octanol–water partition coefficient (Wildman–Crippen LogP) is 1.52. The minimum absolute atomic E-state index is 0.0965. The number of fused-ring (bicyclic) bond motifs is 1. The molecule has 4 heteroatoms. The quantitative estimate of drug-likeness (QED) is 0.865. The molecule has 1 aliphatic heterocycles. The fourth-order valence-corrected chi connectivity index (χ4v) is 3.39. The minimum Gasteiger partial charge on any atom is -0.328 e. The first-order valence-corrected chi connectivity index (χ1v) is 6.89. The van der Waals surface area contributed by atoms with E-state index >= 15 is 0 Å². The van der Waals surface area contributed by atoms with Crippen molar-refractivity contribution in [1.29, 1.82) is 0 Å². The molecule has 1 aliphatic carbocycles. The highest BCUT2D eigenvalue weighted by Gasteiger charge is 2.35. The van der Waals surface area contributed by atoms with Crippen LogP contribution >= 0.6 is 0 Å². The zero-order valence-electron chi connectivity index (χ0n) is 11.5. The zero-order valence-corrected chi connectivity index (χ0v) is 11.5. The number of hydrogen-bond donors (Lipinski definition) is 2. The lowest BCUT2D eigenvalue weighted by molar-refractivity contribution is -0.115. The van der Waals surface area contributed by atoms with Crippen molar-refractivity contribution in [2.45, 2.75) is 31.3 Å². The van der Waals surface area contributed by atoms with E-state index in [1.165, 1.54) is 5.56 Å². The van der Waals surface area contributed by atoms with Crippen LogP contribution in [0.3, 0.4) is 0 Å². The molecule has 1 atom stereocenters. The van der Waals surface area contributed by atoms with Crippen LogP contribution in [0.1, 0.15) is 30.0 Å². The van der Waals surface area contributed by atoms with Gasteiger partial charge in [-0.3, -0.25) is 4.79 Å².